The van der Waals surface area contributed by atoms with Crippen LogP contribution in [0.2, 0.25) is 6.04 Å². The van der Waals surface area contributed by atoms with Gasteiger partial charge in [0.05, 0.1) is 13.2 Å². The fraction of sp³-hybridized carbons (Fsp3) is 0.957. The molecule has 0 heterocycles. The molecule has 170 valence electrons. The number of carbonyl (C=O) groups excluding carboxylic acids is 1. The van der Waals surface area contributed by atoms with E-state index in [2.05, 4.69) is 13.8 Å². The molecule has 0 aliphatic heterocycles. The van der Waals surface area contributed by atoms with E-state index in [4.69, 9.17) is 15.5 Å². The molecule has 0 aliphatic rings. The normalized spacial score (nSPS) is 10.6. The lowest BCUT2D eigenvalue weighted by Gasteiger charge is -2.03. The topological polar surface area (TPSA) is 61.6 Å². The molecule has 0 aromatic heterocycles. The minimum atomic E-state index is -0.153. The van der Waals surface area contributed by atoms with Crippen LogP contribution in [0.5, 0.6) is 0 Å². The zero-order valence-electron chi connectivity index (χ0n) is 19.4. The molecule has 28 heavy (non-hydrogen) atoms. The lowest BCUT2D eigenvalue weighted by atomic mass is 10.0. The third-order valence-corrected chi connectivity index (χ3v) is 5.09. The Morgan fingerprint density at radius 3 is 1.39 bits per heavy atom. The molecule has 2 N–H and O–H groups in total. The quantitative estimate of drug-likeness (QED) is 0.110. The Bertz CT molecular complexity index is 285. The number of primary amides is 1. The van der Waals surface area contributed by atoms with Gasteiger partial charge < -0.3 is 5.73 Å². The van der Waals surface area contributed by atoms with Crippen LogP contribution in [-0.4, -0.2) is 29.4 Å². The molecular formula is C23H51NO3Si. The number of unbranched alkanes of at least 4 members (excludes halogenated alkanes) is 14. The molecule has 4 nitrogen and oxygen atoms in total. The fourth-order valence-corrected chi connectivity index (χ4v) is 3.12. The molecular weight excluding hydrogens is 366 g/mol. The predicted molar refractivity (Wildman–Crippen MR) is 126 cm³/mol. The van der Waals surface area contributed by atoms with Crippen LogP contribution < -0.4 is 5.73 Å². The highest BCUT2D eigenvalue weighted by Gasteiger charge is 1.96. The lowest BCUT2D eigenvalue weighted by Crippen LogP contribution is -2.09. The number of hydrogen-bond donors (Lipinski definition) is 1. The number of rotatable bonds is 21. The van der Waals surface area contributed by atoms with E-state index in [1.54, 1.807) is 0 Å². The summed E-state index contributed by atoms with van der Waals surface area (Å²) >= 11 is 0. The van der Waals surface area contributed by atoms with E-state index >= 15 is 0 Å². The molecule has 0 atom stereocenters. The first kappa shape index (κ1) is 29.8. The van der Waals surface area contributed by atoms with Crippen molar-refractivity contribution in [1.82, 2.24) is 0 Å². The van der Waals surface area contributed by atoms with Crippen molar-refractivity contribution in [2.24, 2.45) is 5.73 Å². The van der Waals surface area contributed by atoms with Gasteiger partial charge in [0.1, 0.15) is 0 Å². The Kier molecular flexibility index (Phi) is 30.7. The van der Waals surface area contributed by atoms with Gasteiger partial charge >= 0.3 is 0 Å². The molecule has 0 unspecified atom stereocenters. The summed E-state index contributed by atoms with van der Waals surface area (Å²) in [4.78, 5) is 20.1. The highest BCUT2D eigenvalue weighted by atomic mass is 28.1. The number of amides is 1. The Morgan fingerprint density at radius 2 is 1.04 bits per heavy atom. The molecule has 0 bridgehead atoms. The smallest absolute Gasteiger partial charge is 0.217 e. The lowest BCUT2D eigenvalue weighted by molar-refractivity contribution is -0.290. The van der Waals surface area contributed by atoms with Gasteiger partial charge in [-0.3, -0.25) is 4.79 Å². The van der Waals surface area contributed by atoms with Crippen molar-refractivity contribution in [3.8, 4) is 0 Å². The molecule has 0 spiro atoms. The largest absolute Gasteiger partial charge is 0.370 e. The van der Waals surface area contributed by atoms with Crippen molar-refractivity contribution in [2.45, 2.75) is 129 Å². The van der Waals surface area contributed by atoms with E-state index in [-0.39, 0.29) is 5.91 Å². The number of nitrogens with two attached hydrogens (primary N) is 1. The number of carbonyl (C=O) groups is 1. The van der Waals surface area contributed by atoms with Crippen LogP contribution in [0.1, 0.15) is 123 Å². The summed E-state index contributed by atoms with van der Waals surface area (Å²) < 4.78 is 0. The second-order valence-corrected chi connectivity index (χ2v) is 8.81. The minimum absolute atomic E-state index is 0.153. The van der Waals surface area contributed by atoms with Crippen LogP contribution in [-0.2, 0) is 14.6 Å². The van der Waals surface area contributed by atoms with Gasteiger partial charge in [-0.2, -0.15) is 0 Å². The van der Waals surface area contributed by atoms with Gasteiger partial charge in [-0.25, -0.2) is 9.78 Å². The highest BCUT2D eigenvalue weighted by Crippen LogP contribution is 2.13. The Labute approximate surface area is 179 Å². The van der Waals surface area contributed by atoms with Gasteiger partial charge in [0.15, 0.2) is 0 Å². The van der Waals surface area contributed by atoms with Crippen LogP contribution in [0.3, 0.4) is 0 Å². The van der Waals surface area contributed by atoms with E-state index in [0.717, 1.165) is 32.1 Å². The first-order valence-electron chi connectivity index (χ1n) is 12.2. The molecule has 0 saturated heterocycles. The zero-order valence-corrected chi connectivity index (χ0v) is 21.4. The molecule has 0 aromatic carbocycles. The summed E-state index contributed by atoms with van der Waals surface area (Å²) in [5.74, 6) is -0.153. The molecule has 0 saturated carbocycles. The summed E-state index contributed by atoms with van der Waals surface area (Å²) in [7, 11) is 1.20. The summed E-state index contributed by atoms with van der Waals surface area (Å²) in [5, 5.41) is 0. The average Bonchev–Trinajstić information content (AvgIpc) is 2.68. The van der Waals surface area contributed by atoms with Crippen molar-refractivity contribution in [3.63, 3.8) is 0 Å². The maximum atomic E-state index is 10.6. The highest BCUT2D eigenvalue weighted by molar-refractivity contribution is 6.08. The molecule has 5 heteroatoms. The van der Waals surface area contributed by atoms with Crippen molar-refractivity contribution in [3.05, 3.63) is 0 Å². The van der Waals surface area contributed by atoms with Gasteiger partial charge in [-0.1, -0.05) is 104 Å². The van der Waals surface area contributed by atoms with Crippen LogP contribution in [0, 0.1) is 0 Å². The maximum Gasteiger partial charge on any atom is 0.217 e. The Morgan fingerprint density at radius 1 is 0.643 bits per heavy atom. The van der Waals surface area contributed by atoms with Crippen molar-refractivity contribution < 1.29 is 14.6 Å². The molecule has 0 aromatic rings. The zero-order chi connectivity index (χ0) is 21.1. The van der Waals surface area contributed by atoms with Crippen molar-refractivity contribution in [2.75, 3.05) is 13.2 Å². The minimum Gasteiger partial charge on any atom is -0.370 e. The summed E-state index contributed by atoms with van der Waals surface area (Å²) in [6.07, 6.45) is 21.9. The molecule has 0 rings (SSSR count). The maximum absolute atomic E-state index is 10.6. The van der Waals surface area contributed by atoms with Crippen LogP contribution >= 0.6 is 0 Å². The third-order valence-electron chi connectivity index (χ3n) is 4.68. The van der Waals surface area contributed by atoms with Gasteiger partial charge in [0.2, 0.25) is 5.91 Å². The van der Waals surface area contributed by atoms with Crippen LogP contribution in [0.25, 0.3) is 0 Å². The molecule has 0 fully saturated rings. The monoisotopic (exact) mass is 417 g/mol. The SMILES string of the molecule is CCCCCCCCCCCCCCCCCC(N)=O.CCCOOCC[SiH3]. The first-order valence-corrected chi connectivity index (χ1v) is 13.6. The fourth-order valence-electron chi connectivity index (χ4n) is 2.96. The van der Waals surface area contributed by atoms with E-state index in [9.17, 15) is 4.79 Å². The van der Waals surface area contributed by atoms with Gasteiger partial charge in [0.25, 0.3) is 0 Å². The second-order valence-electron chi connectivity index (χ2n) is 7.81. The first-order chi connectivity index (χ1) is 13.7. The summed E-state index contributed by atoms with van der Waals surface area (Å²) in [6, 6.07) is 1.16. The van der Waals surface area contributed by atoms with Crippen molar-refractivity contribution in [1.29, 1.82) is 0 Å². The number of hydrogen-bond acceptors (Lipinski definition) is 3. The van der Waals surface area contributed by atoms with E-state index in [1.807, 2.05) is 0 Å². The van der Waals surface area contributed by atoms with E-state index in [0.29, 0.717) is 6.42 Å². The second kappa shape index (κ2) is 28.8. The standard InChI is InChI=1S/C18H37NO.C5H14O2Si/c1-2-3-4-5-6-7-8-9-10-11-12-13-14-15-16-17-18(19)20;1-2-3-6-7-4-5-8/h2-17H2,1H3,(H2,19,20);2-5H2,1,8H3. The van der Waals surface area contributed by atoms with Crippen LogP contribution in [0.4, 0.5) is 0 Å². The van der Waals surface area contributed by atoms with E-state index < -0.39 is 0 Å². The predicted octanol–water partition coefficient (Wildman–Crippen LogP) is 5.86. The van der Waals surface area contributed by atoms with Crippen LogP contribution in [0.15, 0.2) is 0 Å². The molecule has 1 amide bonds. The molecule has 0 aliphatic carbocycles. The van der Waals surface area contributed by atoms with Gasteiger partial charge in [-0.15, -0.1) is 0 Å². The Balaban J connectivity index is 0. The van der Waals surface area contributed by atoms with Gasteiger partial charge in [-0.05, 0) is 18.9 Å². The van der Waals surface area contributed by atoms with Gasteiger partial charge in [0, 0.05) is 16.7 Å². The van der Waals surface area contributed by atoms with Crippen molar-refractivity contribution >= 4 is 16.1 Å². The summed E-state index contributed by atoms with van der Waals surface area (Å²) in [5.41, 5.74) is 5.11. The van der Waals surface area contributed by atoms with E-state index in [1.165, 1.54) is 100 Å². The third kappa shape index (κ3) is 33.2. The Hall–Kier alpha value is -0.393. The molecule has 0 radical (unpaired) electrons. The summed E-state index contributed by atoms with van der Waals surface area (Å²) in [6.45, 7) is 5.83. The average molecular weight is 418 g/mol.